The first-order valence-electron chi connectivity index (χ1n) is 15.9. The Bertz CT molecular complexity index is 2410. The summed E-state index contributed by atoms with van der Waals surface area (Å²) >= 11 is 6.80. The van der Waals surface area contributed by atoms with Crippen LogP contribution >= 0.6 is 11.6 Å². The maximum absolute atomic E-state index is 6.80. The molecule has 1 heteroatoms. The minimum absolute atomic E-state index is 0.448. The largest absolute Gasteiger partial charge is 0.0843 e. The third kappa shape index (κ3) is 3.40. The first kappa shape index (κ1) is 25.9. The Morgan fingerprint density at radius 3 is 1.43 bits per heavy atom. The van der Waals surface area contributed by atoms with Crippen LogP contribution in [0.25, 0.3) is 66.1 Å². The number of rotatable bonds is 2. The molecule has 0 nitrogen and oxygen atoms in total. The Morgan fingerprint density at radius 2 is 0.804 bits per heavy atom. The van der Waals surface area contributed by atoms with Gasteiger partial charge in [-0.25, -0.2) is 0 Å². The Labute approximate surface area is 273 Å². The fraction of sp³-hybridized carbons (Fsp3) is 0.0222. The summed E-state index contributed by atoms with van der Waals surface area (Å²) in [5, 5.41) is 5.81. The summed E-state index contributed by atoms with van der Waals surface area (Å²) in [6, 6.07) is 60.2. The van der Waals surface area contributed by atoms with Crippen LogP contribution in [0.5, 0.6) is 0 Å². The smallest absolute Gasteiger partial charge is 0.0726 e. The number of hydrogen-bond donors (Lipinski definition) is 0. The van der Waals surface area contributed by atoms with Crippen LogP contribution in [0.4, 0.5) is 0 Å². The lowest BCUT2D eigenvalue weighted by molar-refractivity contribution is 0.794. The van der Waals surface area contributed by atoms with Crippen molar-refractivity contribution < 1.29 is 0 Å². The molecule has 46 heavy (non-hydrogen) atoms. The van der Waals surface area contributed by atoms with Crippen molar-refractivity contribution in [3.63, 3.8) is 0 Å². The fourth-order valence-electron chi connectivity index (χ4n) is 8.45. The molecule has 8 aromatic carbocycles. The van der Waals surface area contributed by atoms with Gasteiger partial charge >= 0.3 is 0 Å². The van der Waals surface area contributed by atoms with Crippen molar-refractivity contribution in [3.8, 4) is 44.5 Å². The van der Waals surface area contributed by atoms with E-state index in [0.29, 0.717) is 0 Å². The highest BCUT2D eigenvalue weighted by atomic mass is 35.5. The van der Waals surface area contributed by atoms with E-state index in [1.807, 2.05) is 6.07 Å². The van der Waals surface area contributed by atoms with Crippen molar-refractivity contribution in [2.24, 2.45) is 0 Å². The van der Waals surface area contributed by atoms with Crippen LogP contribution in [0.15, 0.2) is 164 Å². The molecule has 2 aliphatic carbocycles. The molecule has 0 saturated carbocycles. The average molecular weight is 603 g/mol. The van der Waals surface area contributed by atoms with Crippen LogP contribution in [0, 0.1) is 0 Å². The van der Waals surface area contributed by atoms with E-state index in [4.69, 9.17) is 11.6 Å². The van der Waals surface area contributed by atoms with Crippen molar-refractivity contribution >= 4 is 33.1 Å². The highest BCUT2D eigenvalue weighted by Crippen LogP contribution is 2.63. The van der Waals surface area contributed by atoms with Gasteiger partial charge in [-0.15, -0.1) is 0 Å². The van der Waals surface area contributed by atoms with E-state index in [1.165, 1.54) is 88.3 Å². The van der Waals surface area contributed by atoms with Gasteiger partial charge in [-0.2, -0.15) is 0 Å². The summed E-state index contributed by atoms with van der Waals surface area (Å²) in [5.41, 5.74) is 14.8. The van der Waals surface area contributed by atoms with E-state index >= 15 is 0 Å². The molecule has 0 aliphatic heterocycles. The van der Waals surface area contributed by atoms with Crippen LogP contribution in [-0.4, -0.2) is 0 Å². The Balaban J connectivity index is 1.31. The van der Waals surface area contributed by atoms with Gasteiger partial charge in [-0.05, 0) is 113 Å². The lowest BCUT2D eigenvalue weighted by Crippen LogP contribution is -2.25. The summed E-state index contributed by atoms with van der Waals surface area (Å²) in [7, 11) is 0. The fourth-order valence-corrected chi connectivity index (χ4v) is 8.63. The highest BCUT2D eigenvalue weighted by Gasteiger charge is 2.51. The molecule has 0 amide bonds. The maximum atomic E-state index is 6.80. The van der Waals surface area contributed by atoms with Gasteiger partial charge in [0.15, 0.2) is 0 Å². The number of benzene rings is 8. The summed E-state index contributed by atoms with van der Waals surface area (Å²) in [4.78, 5) is 0. The zero-order valence-corrected chi connectivity index (χ0v) is 25.7. The molecule has 8 aromatic rings. The van der Waals surface area contributed by atoms with Gasteiger partial charge in [0.25, 0.3) is 0 Å². The molecule has 0 N–H and O–H groups in total. The summed E-state index contributed by atoms with van der Waals surface area (Å²) in [5.74, 6) is 0. The van der Waals surface area contributed by atoms with Crippen molar-refractivity contribution in [1.82, 2.24) is 0 Å². The van der Waals surface area contributed by atoms with Gasteiger partial charge in [0.2, 0.25) is 0 Å². The van der Waals surface area contributed by atoms with E-state index < -0.39 is 5.41 Å². The lowest BCUT2D eigenvalue weighted by Gasteiger charge is -2.30. The first-order chi connectivity index (χ1) is 22.7. The molecule has 0 fully saturated rings. The quantitative estimate of drug-likeness (QED) is 0.185. The molecule has 0 unspecified atom stereocenters. The normalized spacial score (nSPS) is 13.5. The Kier molecular flexibility index (Phi) is 5.36. The molecule has 10 rings (SSSR count). The summed E-state index contributed by atoms with van der Waals surface area (Å²) in [6.45, 7) is 0. The molecule has 0 bridgehead atoms. The molecule has 0 atom stereocenters. The van der Waals surface area contributed by atoms with Crippen molar-refractivity contribution in [2.45, 2.75) is 5.41 Å². The van der Waals surface area contributed by atoms with E-state index in [1.54, 1.807) is 0 Å². The van der Waals surface area contributed by atoms with Crippen LogP contribution < -0.4 is 0 Å². The predicted octanol–water partition coefficient (Wildman–Crippen LogP) is 12.3. The van der Waals surface area contributed by atoms with Gasteiger partial charge in [-0.1, -0.05) is 151 Å². The standard InChI is InChI=1S/C45H27Cl/c46-32-21-22-38-37-15-5-6-18-41(37)45(44(38)27-32)42-23-19-30(35-16-7-11-28-9-1-3-13-33(28)35)25-39(42)40-26-31(20-24-43(40)45)36-17-8-12-29-10-2-4-14-34(29)36/h1-27H. The molecule has 2 aliphatic rings. The number of halogens is 1. The lowest BCUT2D eigenvalue weighted by atomic mass is 9.70. The van der Waals surface area contributed by atoms with Crippen molar-refractivity contribution in [3.05, 3.63) is 191 Å². The molecular weight excluding hydrogens is 576 g/mol. The molecule has 0 heterocycles. The van der Waals surface area contributed by atoms with E-state index in [0.717, 1.165) is 5.02 Å². The Morgan fingerprint density at radius 1 is 0.326 bits per heavy atom. The maximum Gasteiger partial charge on any atom is 0.0726 e. The number of hydrogen-bond acceptors (Lipinski definition) is 0. The molecular formula is C45H27Cl. The van der Waals surface area contributed by atoms with Gasteiger partial charge in [0.05, 0.1) is 5.41 Å². The monoisotopic (exact) mass is 602 g/mol. The SMILES string of the molecule is Clc1ccc2c(c1)C1(c3ccccc3-2)c2ccc(-c3cccc4ccccc34)cc2-c2cc(-c3cccc4ccccc34)ccc21. The second-order valence-corrected chi connectivity index (χ2v) is 13.0. The van der Waals surface area contributed by atoms with Crippen molar-refractivity contribution in [1.29, 1.82) is 0 Å². The molecule has 0 radical (unpaired) electrons. The zero-order chi connectivity index (χ0) is 30.4. The van der Waals surface area contributed by atoms with E-state index in [9.17, 15) is 0 Å². The first-order valence-corrected chi connectivity index (χ1v) is 16.3. The molecule has 0 aromatic heterocycles. The van der Waals surface area contributed by atoms with Crippen LogP contribution in [-0.2, 0) is 5.41 Å². The second kappa shape index (κ2) is 9.54. The highest BCUT2D eigenvalue weighted by molar-refractivity contribution is 6.30. The third-order valence-electron chi connectivity index (χ3n) is 10.3. The predicted molar refractivity (Wildman–Crippen MR) is 194 cm³/mol. The number of fused-ring (bicyclic) bond motifs is 12. The van der Waals surface area contributed by atoms with Crippen molar-refractivity contribution in [2.75, 3.05) is 0 Å². The Hall–Kier alpha value is -5.43. The minimum Gasteiger partial charge on any atom is -0.0843 e. The average Bonchev–Trinajstić information content (AvgIpc) is 3.57. The summed E-state index contributed by atoms with van der Waals surface area (Å²) < 4.78 is 0. The molecule has 214 valence electrons. The molecule has 1 spiro atoms. The van der Waals surface area contributed by atoms with Gasteiger partial charge in [0, 0.05) is 5.02 Å². The second-order valence-electron chi connectivity index (χ2n) is 12.6. The van der Waals surface area contributed by atoms with Crippen LogP contribution in [0.2, 0.25) is 5.02 Å². The van der Waals surface area contributed by atoms with Gasteiger partial charge in [0.1, 0.15) is 0 Å². The van der Waals surface area contributed by atoms with E-state index in [-0.39, 0.29) is 0 Å². The van der Waals surface area contributed by atoms with Crippen LogP contribution in [0.1, 0.15) is 22.3 Å². The topological polar surface area (TPSA) is 0 Å². The van der Waals surface area contributed by atoms with Crippen LogP contribution in [0.3, 0.4) is 0 Å². The van der Waals surface area contributed by atoms with Gasteiger partial charge < -0.3 is 0 Å². The third-order valence-corrected chi connectivity index (χ3v) is 10.6. The zero-order valence-electron chi connectivity index (χ0n) is 25.0. The molecule has 0 saturated heterocycles. The summed E-state index contributed by atoms with van der Waals surface area (Å²) in [6.07, 6.45) is 0. The minimum atomic E-state index is -0.448. The van der Waals surface area contributed by atoms with E-state index in [2.05, 4.69) is 158 Å². The van der Waals surface area contributed by atoms with Gasteiger partial charge in [-0.3, -0.25) is 0 Å².